The van der Waals surface area contributed by atoms with Gasteiger partial charge < -0.3 is 4.74 Å². The molecule has 70 heavy (non-hydrogen) atoms. The van der Waals surface area contributed by atoms with Crippen LogP contribution < -0.4 is 4.74 Å². The molecule has 0 atom stereocenters. The number of para-hydroxylation sites is 1. The van der Waals surface area contributed by atoms with E-state index in [1.807, 2.05) is 111 Å². The molecule has 0 fully saturated rings. The van der Waals surface area contributed by atoms with Crippen molar-refractivity contribution in [1.82, 2.24) is 9.97 Å². The highest BCUT2D eigenvalue weighted by Gasteiger charge is 2.12. The Morgan fingerprint density at radius 1 is 0.414 bits per heavy atom. The summed E-state index contributed by atoms with van der Waals surface area (Å²) >= 11 is 5.56. The number of nitrogens with zero attached hydrogens (tertiary/aromatic N) is 2. The van der Waals surface area contributed by atoms with Crippen molar-refractivity contribution in [3.63, 3.8) is 0 Å². The minimum atomic E-state index is 0.168. The number of hydrogen-bond acceptors (Lipinski definition) is 10. The Kier molecular flexibility index (Phi) is 27.8. The van der Waals surface area contributed by atoms with Crippen molar-refractivity contribution < 1.29 is 38.3 Å². The number of ether oxygens (including phenoxy) is 1. The van der Waals surface area contributed by atoms with Gasteiger partial charge in [0.05, 0.1) is 0 Å². The lowest BCUT2D eigenvalue weighted by molar-refractivity contribution is 0.111. The molecule has 0 N–H and O–H groups in total. The molecule has 0 aliphatic rings. The van der Waals surface area contributed by atoms with Crippen LogP contribution >= 0.6 is 11.6 Å². The van der Waals surface area contributed by atoms with E-state index in [1.54, 1.807) is 97.5 Å². The van der Waals surface area contributed by atoms with Crippen LogP contribution in [0.1, 0.15) is 110 Å². The van der Waals surface area contributed by atoms with Crippen molar-refractivity contribution in [3.8, 4) is 11.5 Å². The Morgan fingerprint density at radius 2 is 0.900 bits per heavy atom. The molecule has 6 aromatic carbocycles. The molecule has 8 rings (SSSR count). The molecule has 0 aliphatic carbocycles. The van der Waals surface area contributed by atoms with Crippen molar-refractivity contribution in [1.29, 1.82) is 0 Å². The maximum atomic E-state index is 10.4. The summed E-state index contributed by atoms with van der Waals surface area (Å²) in [4.78, 5) is 78.7. The molecular weight excluding hydrogens is 900 g/mol. The van der Waals surface area contributed by atoms with E-state index in [1.165, 1.54) is 11.8 Å². The maximum Gasteiger partial charge on any atom is 0.151 e. The first-order chi connectivity index (χ1) is 33.8. The largest absolute Gasteiger partial charge is 0.457 e. The molecule has 11 heteroatoms. The third kappa shape index (κ3) is 24.8. The summed E-state index contributed by atoms with van der Waals surface area (Å²) < 4.78 is 5.56. The number of pyridine rings is 2. The van der Waals surface area contributed by atoms with Gasteiger partial charge in [-0.25, -0.2) is 0 Å². The molecule has 0 unspecified atom stereocenters. The molecule has 0 saturated carbocycles. The summed E-state index contributed by atoms with van der Waals surface area (Å²) in [5, 5.41) is 0.597. The number of halogens is 1. The summed E-state index contributed by atoms with van der Waals surface area (Å²) in [7, 11) is 0. The Bertz CT molecular complexity index is 2670. The quantitative estimate of drug-likeness (QED) is 0.128. The lowest BCUT2D eigenvalue weighted by atomic mass is 9.87. The van der Waals surface area contributed by atoms with Crippen LogP contribution in [0.15, 0.2) is 201 Å². The molecule has 0 radical (unpaired) electrons. The summed E-state index contributed by atoms with van der Waals surface area (Å²) in [6, 6.07) is 52.8. The fraction of sp³-hybridized carbons (Fsp3) is 0.102. The van der Waals surface area contributed by atoms with E-state index in [2.05, 4.69) is 30.7 Å². The highest BCUT2D eigenvalue weighted by atomic mass is 35.5. The van der Waals surface area contributed by atoms with E-state index in [4.69, 9.17) is 16.3 Å². The fourth-order valence-electron chi connectivity index (χ4n) is 5.23. The third-order valence-electron chi connectivity index (χ3n) is 9.05. The smallest absolute Gasteiger partial charge is 0.151 e. The van der Waals surface area contributed by atoms with Gasteiger partial charge in [-0.2, -0.15) is 0 Å². The van der Waals surface area contributed by atoms with Crippen molar-refractivity contribution in [3.05, 3.63) is 261 Å². The Balaban J connectivity index is 0.000000284. The zero-order valence-electron chi connectivity index (χ0n) is 39.6. The second kappa shape index (κ2) is 33.8. The number of benzene rings is 6. The molecule has 10 nitrogen and oxygen atoms in total. The third-order valence-corrected chi connectivity index (χ3v) is 9.28. The van der Waals surface area contributed by atoms with Crippen LogP contribution in [0.3, 0.4) is 0 Å². The van der Waals surface area contributed by atoms with Gasteiger partial charge in [-0.3, -0.25) is 43.5 Å². The molecule has 356 valence electrons. The van der Waals surface area contributed by atoms with Crippen LogP contribution in [0, 0.1) is 13.8 Å². The highest BCUT2D eigenvalue weighted by molar-refractivity contribution is 6.30. The Hall–Kier alpha value is -8.60. The minimum absolute atomic E-state index is 0.168. The average molecular weight is 956 g/mol. The molecule has 0 aliphatic heterocycles. The normalized spacial score (nSPS) is 9.40. The molecule has 8 aromatic rings. The maximum absolute atomic E-state index is 10.4. The van der Waals surface area contributed by atoms with Crippen LogP contribution in [0.4, 0.5) is 0 Å². The van der Waals surface area contributed by atoms with Crippen molar-refractivity contribution in [2.75, 3.05) is 0 Å². The Labute approximate surface area is 415 Å². The van der Waals surface area contributed by atoms with Crippen molar-refractivity contribution >= 4 is 55.6 Å². The van der Waals surface area contributed by atoms with E-state index < -0.39 is 0 Å². The molecular formula is C59H55ClN2O8. The monoisotopic (exact) mass is 954 g/mol. The van der Waals surface area contributed by atoms with Crippen LogP contribution in [0.5, 0.6) is 11.5 Å². The van der Waals surface area contributed by atoms with Gasteiger partial charge in [-0.05, 0) is 109 Å². The average Bonchev–Trinajstić information content (AvgIpc) is 3.40. The first-order valence-corrected chi connectivity index (χ1v) is 21.9. The number of carbonyl (C=O) groups excluding carboxylic acids is 7. The highest BCUT2D eigenvalue weighted by Crippen LogP contribution is 2.22. The van der Waals surface area contributed by atoms with Gasteiger partial charge in [0.15, 0.2) is 6.29 Å². The van der Waals surface area contributed by atoms with E-state index in [0.29, 0.717) is 27.3 Å². The second-order valence-corrected chi connectivity index (χ2v) is 16.0. The molecule has 2 aromatic heterocycles. The first kappa shape index (κ1) is 57.5. The fourth-order valence-corrected chi connectivity index (χ4v) is 5.43. The molecule has 0 spiro atoms. The van der Waals surface area contributed by atoms with Crippen molar-refractivity contribution in [2.24, 2.45) is 0 Å². The van der Waals surface area contributed by atoms with Crippen molar-refractivity contribution in [2.45, 2.75) is 40.0 Å². The summed E-state index contributed by atoms with van der Waals surface area (Å²) in [5.41, 5.74) is 8.39. The van der Waals surface area contributed by atoms with Crippen LogP contribution in [-0.4, -0.2) is 54.0 Å². The zero-order chi connectivity index (χ0) is 51.4. The van der Waals surface area contributed by atoms with Gasteiger partial charge in [-0.1, -0.05) is 135 Å². The van der Waals surface area contributed by atoms with Gasteiger partial charge in [0.2, 0.25) is 0 Å². The predicted octanol–water partition coefficient (Wildman–Crippen LogP) is 13.6. The second-order valence-electron chi connectivity index (χ2n) is 15.6. The molecule has 0 amide bonds. The number of carbonyl (C=O) groups is 7. The Morgan fingerprint density at radius 3 is 1.31 bits per heavy atom. The lowest BCUT2D eigenvalue weighted by Crippen LogP contribution is -2.10. The standard InChI is InChI=1S/C13H10O2.C11H14O.2C8H8O.C7H5ClO.2C6H5NO/c14-10-11-6-8-13(9-7-11)15-12-4-2-1-3-5-12;1-11(2,3)10-6-4-9(8-12)5-7-10;1-7-3-2-4-8(5-7)6-9;1-7-4-2-3-5-8(7)6-9;8-7-3-1-2-6(4-7)5-9;8-5-6-1-3-7-4-2-6;8-5-6-2-1-3-7-4-6/h1-10H;4-8H,1-3H3;2*2-6H,1H3;1-5H;2*1-5H. The lowest BCUT2D eigenvalue weighted by Gasteiger charge is -2.18. The SMILES string of the molecule is CC(C)(C)c1ccc(C=O)cc1.Cc1cccc(C=O)c1.Cc1ccccc1C=O.O=Cc1ccc(Oc2ccccc2)cc1.O=Cc1cccc(Cl)c1.O=Cc1cccnc1.O=Cc1ccncc1. The van der Waals surface area contributed by atoms with E-state index in [0.717, 1.165) is 83.3 Å². The van der Waals surface area contributed by atoms with E-state index in [9.17, 15) is 33.6 Å². The van der Waals surface area contributed by atoms with Gasteiger partial charge >= 0.3 is 0 Å². The molecule has 0 saturated heterocycles. The number of rotatable bonds is 9. The van der Waals surface area contributed by atoms with Crippen LogP contribution in [-0.2, 0) is 5.41 Å². The van der Waals surface area contributed by atoms with Gasteiger partial charge in [0.25, 0.3) is 0 Å². The number of aryl methyl sites for hydroxylation is 2. The van der Waals surface area contributed by atoms with E-state index in [-0.39, 0.29) is 5.41 Å². The summed E-state index contributed by atoms with van der Waals surface area (Å²) in [5.74, 6) is 1.52. The molecule has 2 heterocycles. The number of aromatic nitrogens is 2. The first-order valence-electron chi connectivity index (χ1n) is 21.6. The predicted molar refractivity (Wildman–Crippen MR) is 278 cm³/mol. The minimum Gasteiger partial charge on any atom is -0.457 e. The van der Waals surface area contributed by atoms with Gasteiger partial charge in [0, 0.05) is 68.8 Å². The molecule has 0 bridgehead atoms. The summed E-state index contributed by atoms with van der Waals surface area (Å²) in [6.07, 6.45) is 12.1. The topological polar surface area (TPSA) is 154 Å². The van der Waals surface area contributed by atoms with Crippen LogP contribution in [0.2, 0.25) is 5.02 Å². The van der Waals surface area contributed by atoms with E-state index >= 15 is 0 Å². The van der Waals surface area contributed by atoms with Crippen LogP contribution in [0.25, 0.3) is 0 Å². The van der Waals surface area contributed by atoms with Gasteiger partial charge in [0.1, 0.15) is 49.2 Å². The summed E-state index contributed by atoms with van der Waals surface area (Å²) in [6.45, 7) is 10.4. The number of hydrogen-bond donors (Lipinski definition) is 0. The number of aldehydes is 7. The zero-order valence-corrected chi connectivity index (χ0v) is 40.4. The van der Waals surface area contributed by atoms with Gasteiger partial charge in [-0.15, -0.1) is 0 Å².